The Balaban J connectivity index is 1.55. The van der Waals surface area contributed by atoms with Crippen LogP contribution in [0.15, 0.2) is 77.8 Å². The normalized spacial score (nSPS) is 13.1. The predicted octanol–water partition coefficient (Wildman–Crippen LogP) is 4.87. The van der Waals surface area contributed by atoms with Crippen LogP contribution in [0, 0.1) is 0 Å². The third kappa shape index (κ3) is 4.77. The van der Waals surface area contributed by atoms with Crippen molar-refractivity contribution in [2.45, 2.75) is 6.18 Å². The molecule has 9 heteroatoms. The monoisotopic (exact) mass is 428 g/mol. The summed E-state index contributed by atoms with van der Waals surface area (Å²) in [6, 6.07) is 17.7. The van der Waals surface area contributed by atoms with Gasteiger partial charge in [-0.2, -0.15) is 18.7 Å². The summed E-state index contributed by atoms with van der Waals surface area (Å²) in [4.78, 5) is 21.9. The number of para-hydroxylation sites is 1. The van der Waals surface area contributed by atoms with Gasteiger partial charge in [-0.05, 0) is 54.6 Å². The van der Waals surface area contributed by atoms with Crippen LogP contribution >= 0.6 is 0 Å². The summed E-state index contributed by atoms with van der Waals surface area (Å²) in [6.07, 6.45) is -4.49. The highest BCUT2D eigenvalue weighted by molar-refractivity contribution is 6.01. The van der Waals surface area contributed by atoms with Gasteiger partial charge in [-0.3, -0.25) is 0 Å². The number of rotatable bonds is 3. The summed E-state index contributed by atoms with van der Waals surface area (Å²) in [5.41, 5.74) is 2.73. The lowest BCUT2D eigenvalue weighted by molar-refractivity contribution is -0.137. The van der Waals surface area contributed by atoms with Gasteiger partial charge >= 0.3 is 12.1 Å². The minimum atomic E-state index is -4.49. The van der Waals surface area contributed by atoms with Gasteiger partial charge in [0.1, 0.15) is 0 Å². The zero-order valence-corrected chi connectivity index (χ0v) is 15.8. The molecule has 0 spiro atoms. The van der Waals surface area contributed by atoms with Gasteiger partial charge in [-0.1, -0.05) is 18.2 Å². The van der Waals surface area contributed by atoms with Crippen LogP contribution in [0.25, 0.3) is 0 Å². The number of aliphatic imine (C=N–C) groups is 1. The first-order valence-corrected chi connectivity index (χ1v) is 9.08. The standard InChI is InChI=1S/C22H15F3N2O4/c23-22(24,25)16-9-6-14(7-10-16)21(28)31-27-20(26-17-4-2-1-3-5-17)15-8-11-18-19(12-15)30-13-29-18/h1-12H,13H2,(H,26,27). The molecule has 0 atom stereocenters. The maximum atomic E-state index is 12.7. The Morgan fingerprint density at radius 2 is 1.58 bits per heavy atom. The highest BCUT2D eigenvalue weighted by Crippen LogP contribution is 2.33. The molecule has 0 aliphatic carbocycles. The lowest BCUT2D eigenvalue weighted by Gasteiger charge is -2.12. The third-order valence-corrected chi connectivity index (χ3v) is 4.33. The van der Waals surface area contributed by atoms with Crippen LogP contribution in [0.5, 0.6) is 11.5 Å². The lowest BCUT2D eigenvalue weighted by atomic mass is 10.1. The van der Waals surface area contributed by atoms with Crippen LogP contribution in [0.4, 0.5) is 18.9 Å². The number of amidine groups is 1. The average molecular weight is 428 g/mol. The molecule has 1 N–H and O–H groups in total. The summed E-state index contributed by atoms with van der Waals surface area (Å²) >= 11 is 0. The average Bonchev–Trinajstić information content (AvgIpc) is 3.24. The minimum absolute atomic E-state index is 0.0507. The molecule has 0 aromatic heterocycles. The Morgan fingerprint density at radius 3 is 2.29 bits per heavy atom. The van der Waals surface area contributed by atoms with Crippen LogP contribution in [0.3, 0.4) is 0 Å². The molecule has 0 fully saturated rings. The summed E-state index contributed by atoms with van der Waals surface area (Å²) in [5.74, 6) is 0.415. The van der Waals surface area contributed by atoms with E-state index in [0.29, 0.717) is 22.7 Å². The number of carbonyl (C=O) groups is 1. The van der Waals surface area contributed by atoms with E-state index in [2.05, 4.69) is 10.5 Å². The van der Waals surface area contributed by atoms with Gasteiger partial charge in [0, 0.05) is 5.56 Å². The number of alkyl halides is 3. The number of benzene rings is 3. The molecule has 0 unspecified atom stereocenters. The number of nitrogens with one attached hydrogen (secondary N) is 1. The molecule has 0 saturated heterocycles. The van der Waals surface area contributed by atoms with Crippen molar-refractivity contribution in [1.29, 1.82) is 0 Å². The second-order valence-corrected chi connectivity index (χ2v) is 6.43. The molecule has 158 valence electrons. The molecule has 1 heterocycles. The Kier molecular flexibility index (Phi) is 5.48. The van der Waals surface area contributed by atoms with Crippen molar-refractivity contribution in [1.82, 2.24) is 5.48 Å². The van der Waals surface area contributed by atoms with Crippen LogP contribution < -0.4 is 15.0 Å². The SMILES string of the molecule is O=C(ONC(=Nc1ccccc1)c1ccc2c(c1)OCO2)c1ccc(C(F)(F)F)cc1. The molecule has 0 bridgehead atoms. The van der Waals surface area contributed by atoms with Crippen molar-refractivity contribution in [3.63, 3.8) is 0 Å². The van der Waals surface area contributed by atoms with Gasteiger partial charge < -0.3 is 14.3 Å². The molecule has 1 aliphatic rings. The van der Waals surface area contributed by atoms with E-state index in [1.54, 1.807) is 42.5 Å². The topological polar surface area (TPSA) is 69.2 Å². The molecule has 6 nitrogen and oxygen atoms in total. The Bertz CT molecular complexity index is 1110. The molecule has 1 aliphatic heterocycles. The number of hydroxylamine groups is 1. The zero-order chi connectivity index (χ0) is 21.8. The predicted molar refractivity (Wildman–Crippen MR) is 105 cm³/mol. The summed E-state index contributed by atoms with van der Waals surface area (Å²) in [7, 11) is 0. The largest absolute Gasteiger partial charge is 0.454 e. The van der Waals surface area contributed by atoms with E-state index < -0.39 is 17.7 Å². The molecular formula is C22H15F3N2O4. The first-order valence-electron chi connectivity index (χ1n) is 9.08. The fraction of sp³-hybridized carbons (Fsp3) is 0.0909. The van der Waals surface area contributed by atoms with Gasteiger partial charge in [0.15, 0.2) is 17.3 Å². The maximum absolute atomic E-state index is 12.7. The highest BCUT2D eigenvalue weighted by atomic mass is 19.4. The fourth-order valence-corrected chi connectivity index (χ4v) is 2.77. The highest BCUT2D eigenvalue weighted by Gasteiger charge is 2.30. The Hall–Kier alpha value is -4.01. The molecule has 0 radical (unpaired) electrons. The van der Waals surface area contributed by atoms with E-state index in [1.165, 1.54) is 0 Å². The number of hydrogen-bond acceptors (Lipinski definition) is 5. The van der Waals surface area contributed by atoms with Gasteiger partial charge in [0.25, 0.3) is 0 Å². The summed E-state index contributed by atoms with van der Waals surface area (Å²) < 4.78 is 48.8. The van der Waals surface area contributed by atoms with E-state index in [9.17, 15) is 18.0 Å². The van der Waals surface area contributed by atoms with E-state index in [0.717, 1.165) is 24.3 Å². The van der Waals surface area contributed by atoms with Gasteiger partial charge in [0.2, 0.25) is 6.79 Å². The number of ether oxygens (including phenoxy) is 2. The maximum Gasteiger partial charge on any atom is 0.416 e. The van der Waals surface area contributed by atoms with Crippen molar-refractivity contribution in [3.05, 3.63) is 89.5 Å². The quantitative estimate of drug-likeness (QED) is 0.366. The first-order chi connectivity index (χ1) is 14.9. The fourth-order valence-electron chi connectivity index (χ4n) is 2.77. The van der Waals surface area contributed by atoms with E-state index in [-0.39, 0.29) is 18.2 Å². The van der Waals surface area contributed by atoms with Crippen LogP contribution in [0.2, 0.25) is 0 Å². The van der Waals surface area contributed by atoms with Gasteiger partial charge in [-0.25, -0.2) is 9.79 Å². The summed E-state index contributed by atoms with van der Waals surface area (Å²) in [5, 5.41) is 0. The van der Waals surface area contributed by atoms with Crippen molar-refractivity contribution in [2.75, 3.05) is 6.79 Å². The van der Waals surface area contributed by atoms with Crippen molar-refractivity contribution < 1.29 is 32.3 Å². The number of fused-ring (bicyclic) bond motifs is 1. The number of nitrogens with zero attached hydrogens (tertiary/aromatic N) is 1. The first kappa shape index (κ1) is 20.3. The van der Waals surface area contributed by atoms with Crippen LogP contribution in [-0.2, 0) is 11.0 Å². The smallest absolute Gasteiger partial charge is 0.416 e. The van der Waals surface area contributed by atoms with Crippen molar-refractivity contribution in [3.8, 4) is 11.5 Å². The summed E-state index contributed by atoms with van der Waals surface area (Å²) in [6.45, 7) is 0.0975. The van der Waals surface area contributed by atoms with Gasteiger partial charge in [-0.15, -0.1) is 0 Å². The molecule has 0 saturated carbocycles. The Labute approximate surface area is 174 Å². The van der Waals surface area contributed by atoms with E-state index in [1.807, 2.05) is 6.07 Å². The molecule has 4 rings (SSSR count). The zero-order valence-electron chi connectivity index (χ0n) is 15.8. The molecule has 31 heavy (non-hydrogen) atoms. The van der Waals surface area contributed by atoms with Crippen LogP contribution in [0.1, 0.15) is 21.5 Å². The van der Waals surface area contributed by atoms with Gasteiger partial charge in [0.05, 0.1) is 16.8 Å². The lowest BCUT2D eigenvalue weighted by Crippen LogP contribution is -2.28. The molecular weight excluding hydrogens is 413 g/mol. The van der Waals surface area contributed by atoms with E-state index >= 15 is 0 Å². The van der Waals surface area contributed by atoms with E-state index in [4.69, 9.17) is 14.3 Å². The second kappa shape index (κ2) is 8.39. The Morgan fingerprint density at radius 1 is 0.903 bits per heavy atom. The number of halogens is 3. The molecule has 3 aromatic rings. The third-order valence-electron chi connectivity index (χ3n) is 4.33. The van der Waals surface area contributed by atoms with Crippen molar-refractivity contribution in [2.24, 2.45) is 4.99 Å². The van der Waals surface area contributed by atoms with Crippen molar-refractivity contribution >= 4 is 17.5 Å². The minimum Gasteiger partial charge on any atom is -0.454 e. The number of carbonyl (C=O) groups excluding carboxylic acids is 1. The number of hydrogen-bond donors (Lipinski definition) is 1. The molecule has 0 amide bonds. The second-order valence-electron chi connectivity index (χ2n) is 6.43. The van der Waals surface area contributed by atoms with Crippen LogP contribution in [-0.4, -0.2) is 18.6 Å². The molecule has 3 aromatic carbocycles.